The monoisotopic (exact) mass is 316 g/mol. The van der Waals surface area contributed by atoms with Crippen LogP contribution in [0.25, 0.3) is 0 Å². The number of fused-ring (bicyclic) bond motifs is 1. The first-order chi connectivity index (χ1) is 11.1. The van der Waals surface area contributed by atoms with Crippen LogP contribution in [0.1, 0.15) is 61.8 Å². The van der Waals surface area contributed by atoms with Crippen LogP contribution in [0.15, 0.2) is 0 Å². The van der Waals surface area contributed by atoms with Gasteiger partial charge in [0.1, 0.15) is 5.82 Å². The Kier molecular flexibility index (Phi) is 3.92. The highest BCUT2D eigenvalue weighted by molar-refractivity contribution is 5.78. The molecule has 0 radical (unpaired) electrons. The Morgan fingerprint density at radius 2 is 2.00 bits per heavy atom. The average Bonchev–Trinajstić information content (AvgIpc) is 3.23. The Bertz CT molecular complexity index is 604. The molecule has 0 bridgehead atoms. The largest absolute Gasteiger partial charge is 0.342 e. The van der Waals surface area contributed by atoms with E-state index in [1.807, 2.05) is 11.9 Å². The van der Waals surface area contributed by atoms with E-state index in [4.69, 9.17) is 4.98 Å². The first-order valence-corrected chi connectivity index (χ1v) is 9.19. The molecule has 1 aromatic rings. The predicted octanol–water partition coefficient (Wildman–Crippen LogP) is 2.06. The van der Waals surface area contributed by atoms with Crippen molar-refractivity contribution < 1.29 is 4.79 Å². The van der Waals surface area contributed by atoms with Gasteiger partial charge in [0.15, 0.2) is 0 Å². The molecule has 126 valence electrons. The summed E-state index contributed by atoms with van der Waals surface area (Å²) in [6.45, 7) is 1.57. The van der Waals surface area contributed by atoms with Crippen LogP contribution in [0.5, 0.6) is 0 Å². The maximum Gasteiger partial charge on any atom is 0.236 e. The number of likely N-dealkylation sites (N-methyl/N-ethyl adjacent to an activating group) is 1. The highest BCUT2D eigenvalue weighted by Gasteiger charge is 2.35. The van der Waals surface area contributed by atoms with Crippen molar-refractivity contribution in [3.8, 4) is 0 Å². The summed E-state index contributed by atoms with van der Waals surface area (Å²) in [5, 5.41) is 0. The summed E-state index contributed by atoms with van der Waals surface area (Å²) in [7, 11) is 4.13. The highest BCUT2D eigenvalue weighted by atomic mass is 16.2. The molecule has 23 heavy (non-hydrogen) atoms. The minimum absolute atomic E-state index is 0.276. The zero-order valence-corrected chi connectivity index (χ0v) is 14.4. The SMILES string of the molecule is CN(C(=O)CN1CCC[C@H]1c1nc2c(n1C)CCCC2)C1CC1. The van der Waals surface area contributed by atoms with Crippen LogP contribution in [0.2, 0.25) is 0 Å². The Morgan fingerprint density at radius 1 is 1.22 bits per heavy atom. The number of amides is 1. The third kappa shape index (κ3) is 2.80. The number of carbonyl (C=O) groups is 1. The van der Waals surface area contributed by atoms with E-state index >= 15 is 0 Å². The summed E-state index contributed by atoms with van der Waals surface area (Å²) < 4.78 is 2.33. The average molecular weight is 316 g/mol. The third-order valence-electron chi connectivity index (χ3n) is 5.90. The minimum atomic E-state index is 0.276. The lowest BCUT2D eigenvalue weighted by Crippen LogP contribution is -2.39. The van der Waals surface area contributed by atoms with Gasteiger partial charge in [-0.15, -0.1) is 0 Å². The molecule has 1 saturated carbocycles. The van der Waals surface area contributed by atoms with E-state index in [9.17, 15) is 4.79 Å². The second-order valence-electron chi connectivity index (χ2n) is 7.49. The van der Waals surface area contributed by atoms with Crippen LogP contribution in [-0.2, 0) is 24.7 Å². The number of likely N-dealkylation sites (tertiary alicyclic amines) is 1. The number of hydrogen-bond acceptors (Lipinski definition) is 3. The summed E-state index contributed by atoms with van der Waals surface area (Å²) in [4.78, 5) is 21.8. The predicted molar refractivity (Wildman–Crippen MR) is 89.2 cm³/mol. The Hall–Kier alpha value is -1.36. The van der Waals surface area contributed by atoms with Gasteiger partial charge in [-0.2, -0.15) is 0 Å². The van der Waals surface area contributed by atoms with Gasteiger partial charge in [-0.05, 0) is 57.9 Å². The van der Waals surface area contributed by atoms with Gasteiger partial charge in [0.25, 0.3) is 0 Å². The van der Waals surface area contributed by atoms with Crippen molar-refractivity contribution in [1.82, 2.24) is 19.4 Å². The number of imidazole rings is 1. The lowest BCUT2D eigenvalue weighted by molar-refractivity contribution is -0.131. The minimum Gasteiger partial charge on any atom is -0.342 e. The number of nitrogens with zero attached hydrogens (tertiary/aromatic N) is 4. The number of hydrogen-bond donors (Lipinski definition) is 0. The van der Waals surface area contributed by atoms with Crippen LogP contribution in [-0.4, -0.2) is 51.4 Å². The zero-order chi connectivity index (χ0) is 16.0. The van der Waals surface area contributed by atoms with Gasteiger partial charge < -0.3 is 9.47 Å². The van der Waals surface area contributed by atoms with Crippen LogP contribution in [0.3, 0.4) is 0 Å². The van der Waals surface area contributed by atoms with Gasteiger partial charge in [0, 0.05) is 25.8 Å². The molecule has 1 aromatic heterocycles. The van der Waals surface area contributed by atoms with E-state index in [0.717, 1.165) is 25.8 Å². The quantitative estimate of drug-likeness (QED) is 0.854. The van der Waals surface area contributed by atoms with E-state index < -0.39 is 0 Å². The van der Waals surface area contributed by atoms with E-state index in [0.29, 0.717) is 18.6 Å². The van der Waals surface area contributed by atoms with Gasteiger partial charge in [0.2, 0.25) is 5.91 Å². The summed E-state index contributed by atoms with van der Waals surface area (Å²) in [6.07, 6.45) is 9.49. The van der Waals surface area contributed by atoms with Crippen LogP contribution >= 0.6 is 0 Å². The molecule has 0 N–H and O–H groups in total. The highest BCUT2D eigenvalue weighted by Crippen LogP contribution is 2.34. The maximum atomic E-state index is 12.5. The fourth-order valence-corrected chi connectivity index (χ4v) is 4.26. The Morgan fingerprint density at radius 3 is 2.74 bits per heavy atom. The van der Waals surface area contributed by atoms with Gasteiger partial charge >= 0.3 is 0 Å². The third-order valence-corrected chi connectivity index (χ3v) is 5.90. The van der Waals surface area contributed by atoms with Gasteiger partial charge in [0.05, 0.1) is 18.3 Å². The van der Waals surface area contributed by atoms with E-state index in [-0.39, 0.29) is 5.91 Å². The number of aromatic nitrogens is 2. The van der Waals surface area contributed by atoms with Crippen molar-refractivity contribution in [1.29, 1.82) is 0 Å². The van der Waals surface area contributed by atoms with Crippen molar-refractivity contribution in [2.24, 2.45) is 7.05 Å². The van der Waals surface area contributed by atoms with Crippen molar-refractivity contribution in [2.75, 3.05) is 20.1 Å². The van der Waals surface area contributed by atoms with E-state index in [1.165, 1.54) is 49.3 Å². The molecule has 0 spiro atoms. The first kappa shape index (κ1) is 15.2. The molecule has 1 saturated heterocycles. The van der Waals surface area contributed by atoms with Gasteiger partial charge in [-0.1, -0.05) is 0 Å². The van der Waals surface area contributed by atoms with Gasteiger partial charge in [-0.3, -0.25) is 9.69 Å². The first-order valence-electron chi connectivity index (χ1n) is 9.19. The molecular weight excluding hydrogens is 288 g/mol. The Balaban J connectivity index is 1.51. The number of rotatable bonds is 4. The molecular formula is C18H28N4O. The van der Waals surface area contributed by atoms with E-state index in [2.05, 4.69) is 16.5 Å². The molecule has 1 aliphatic heterocycles. The molecule has 1 amide bonds. The lowest BCUT2D eigenvalue weighted by atomic mass is 10.0. The number of carbonyl (C=O) groups excluding carboxylic acids is 1. The summed E-state index contributed by atoms with van der Waals surface area (Å²) in [6, 6.07) is 0.825. The van der Waals surface area contributed by atoms with Crippen molar-refractivity contribution in [3.63, 3.8) is 0 Å². The van der Waals surface area contributed by atoms with Crippen LogP contribution in [0, 0.1) is 0 Å². The van der Waals surface area contributed by atoms with Crippen molar-refractivity contribution in [2.45, 2.75) is 63.5 Å². The maximum absolute atomic E-state index is 12.5. The second-order valence-corrected chi connectivity index (χ2v) is 7.49. The molecule has 4 rings (SSSR count). The molecule has 2 fully saturated rings. The molecule has 5 nitrogen and oxygen atoms in total. The lowest BCUT2D eigenvalue weighted by Gasteiger charge is -2.26. The standard InChI is InChI=1S/C18H28N4O/c1-20(13-9-10-13)17(23)12-22-11-5-8-16(22)18-19-14-6-3-4-7-15(14)21(18)2/h13,16H,3-12H2,1-2H3/t16-/m0/s1. The molecule has 5 heteroatoms. The smallest absolute Gasteiger partial charge is 0.236 e. The molecule has 0 aromatic carbocycles. The fraction of sp³-hybridized carbons (Fsp3) is 0.778. The molecule has 2 heterocycles. The van der Waals surface area contributed by atoms with Crippen LogP contribution < -0.4 is 0 Å². The van der Waals surface area contributed by atoms with Crippen molar-refractivity contribution >= 4 is 5.91 Å². The molecule has 3 aliphatic rings. The van der Waals surface area contributed by atoms with Crippen molar-refractivity contribution in [3.05, 3.63) is 17.2 Å². The summed E-state index contributed by atoms with van der Waals surface area (Å²) >= 11 is 0. The fourth-order valence-electron chi connectivity index (χ4n) is 4.26. The summed E-state index contributed by atoms with van der Waals surface area (Å²) in [5.74, 6) is 1.47. The Labute approximate surface area is 138 Å². The summed E-state index contributed by atoms with van der Waals surface area (Å²) in [5.41, 5.74) is 2.74. The topological polar surface area (TPSA) is 41.4 Å². The molecule has 2 aliphatic carbocycles. The molecule has 0 unspecified atom stereocenters. The van der Waals surface area contributed by atoms with E-state index in [1.54, 1.807) is 0 Å². The van der Waals surface area contributed by atoms with Gasteiger partial charge in [-0.25, -0.2) is 4.98 Å². The molecule has 1 atom stereocenters. The zero-order valence-electron chi connectivity index (χ0n) is 14.4. The normalized spacial score (nSPS) is 24.7. The second kappa shape index (κ2) is 5.93. The number of aryl methyl sites for hydroxylation is 1. The van der Waals surface area contributed by atoms with Crippen LogP contribution in [0.4, 0.5) is 0 Å².